The molecule has 2 aromatic carbocycles. The lowest BCUT2D eigenvalue weighted by atomic mass is 10.2. The van der Waals surface area contributed by atoms with Crippen molar-refractivity contribution in [2.75, 3.05) is 26.1 Å². The monoisotopic (exact) mass is 297 g/mol. The van der Waals surface area contributed by atoms with E-state index < -0.39 is 0 Å². The first kappa shape index (κ1) is 15.6. The molecule has 0 saturated carbocycles. The SMILES string of the molecule is COc1ccccc1/C=N/NC(=O)c1ccc(N(C)C)cc1. The van der Waals surface area contributed by atoms with Crippen LogP contribution in [0.3, 0.4) is 0 Å². The van der Waals surface area contributed by atoms with Gasteiger partial charge in [-0.15, -0.1) is 0 Å². The molecule has 0 aromatic heterocycles. The van der Waals surface area contributed by atoms with Crippen LogP contribution in [0.2, 0.25) is 0 Å². The van der Waals surface area contributed by atoms with E-state index in [1.165, 1.54) is 0 Å². The molecule has 0 bridgehead atoms. The highest BCUT2D eigenvalue weighted by atomic mass is 16.5. The number of hydrazone groups is 1. The standard InChI is InChI=1S/C17H19N3O2/c1-20(2)15-10-8-13(9-11-15)17(21)19-18-12-14-6-4-5-7-16(14)22-3/h4-12H,1-3H3,(H,19,21)/b18-12+. The number of hydrogen-bond donors (Lipinski definition) is 1. The van der Waals surface area contributed by atoms with E-state index in [0.29, 0.717) is 11.3 Å². The van der Waals surface area contributed by atoms with E-state index in [2.05, 4.69) is 10.5 Å². The van der Waals surface area contributed by atoms with Crippen LogP contribution in [0.1, 0.15) is 15.9 Å². The molecule has 1 N–H and O–H groups in total. The van der Waals surface area contributed by atoms with Crippen LogP contribution in [0.4, 0.5) is 5.69 Å². The van der Waals surface area contributed by atoms with Gasteiger partial charge in [0, 0.05) is 30.9 Å². The summed E-state index contributed by atoms with van der Waals surface area (Å²) in [5, 5.41) is 3.97. The number of ether oxygens (including phenoxy) is 1. The number of benzene rings is 2. The van der Waals surface area contributed by atoms with Crippen molar-refractivity contribution < 1.29 is 9.53 Å². The topological polar surface area (TPSA) is 53.9 Å². The molecule has 0 unspecified atom stereocenters. The van der Waals surface area contributed by atoms with Crippen molar-refractivity contribution in [2.45, 2.75) is 0 Å². The van der Waals surface area contributed by atoms with Crippen molar-refractivity contribution in [3.63, 3.8) is 0 Å². The molecular formula is C17H19N3O2. The van der Waals surface area contributed by atoms with Gasteiger partial charge in [-0.05, 0) is 36.4 Å². The molecule has 0 fully saturated rings. The number of carbonyl (C=O) groups is 1. The van der Waals surface area contributed by atoms with E-state index in [1.54, 1.807) is 25.5 Å². The van der Waals surface area contributed by atoms with Gasteiger partial charge in [0.05, 0.1) is 13.3 Å². The zero-order valence-electron chi connectivity index (χ0n) is 12.9. The first-order chi connectivity index (χ1) is 10.6. The molecule has 0 radical (unpaired) electrons. The molecule has 5 nitrogen and oxygen atoms in total. The van der Waals surface area contributed by atoms with Gasteiger partial charge < -0.3 is 9.64 Å². The lowest BCUT2D eigenvalue weighted by Crippen LogP contribution is -2.18. The minimum Gasteiger partial charge on any atom is -0.496 e. The van der Waals surface area contributed by atoms with Crippen molar-refractivity contribution in [3.8, 4) is 5.75 Å². The Morgan fingerprint density at radius 1 is 1.14 bits per heavy atom. The molecule has 0 spiro atoms. The lowest BCUT2D eigenvalue weighted by molar-refractivity contribution is 0.0955. The van der Waals surface area contributed by atoms with Crippen molar-refractivity contribution in [3.05, 3.63) is 59.7 Å². The molecular weight excluding hydrogens is 278 g/mol. The summed E-state index contributed by atoms with van der Waals surface area (Å²) in [4.78, 5) is 14.0. The van der Waals surface area contributed by atoms with Gasteiger partial charge in [0.1, 0.15) is 5.75 Å². The number of carbonyl (C=O) groups excluding carboxylic acids is 1. The predicted octanol–water partition coefficient (Wildman–Crippen LogP) is 2.53. The van der Waals surface area contributed by atoms with Gasteiger partial charge in [-0.25, -0.2) is 5.43 Å². The van der Waals surface area contributed by atoms with Gasteiger partial charge in [-0.3, -0.25) is 4.79 Å². The third kappa shape index (κ3) is 3.85. The van der Waals surface area contributed by atoms with Crippen LogP contribution in [-0.2, 0) is 0 Å². The van der Waals surface area contributed by atoms with E-state index in [0.717, 1.165) is 11.3 Å². The summed E-state index contributed by atoms with van der Waals surface area (Å²) in [6, 6.07) is 14.8. The average molecular weight is 297 g/mol. The maximum absolute atomic E-state index is 12.0. The second-order valence-corrected chi connectivity index (χ2v) is 4.88. The van der Waals surface area contributed by atoms with Crippen LogP contribution in [0.15, 0.2) is 53.6 Å². The molecule has 22 heavy (non-hydrogen) atoms. The summed E-state index contributed by atoms with van der Waals surface area (Å²) in [6.45, 7) is 0. The third-order valence-corrected chi connectivity index (χ3v) is 3.15. The number of hydrogen-bond acceptors (Lipinski definition) is 4. The van der Waals surface area contributed by atoms with Crippen LogP contribution in [-0.4, -0.2) is 33.3 Å². The van der Waals surface area contributed by atoms with Crippen LogP contribution in [0, 0.1) is 0 Å². The van der Waals surface area contributed by atoms with E-state index in [9.17, 15) is 4.79 Å². The number of methoxy groups -OCH3 is 1. The second-order valence-electron chi connectivity index (χ2n) is 4.88. The first-order valence-corrected chi connectivity index (χ1v) is 6.85. The molecule has 0 aliphatic heterocycles. The largest absolute Gasteiger partial charge is 0.496 e. The Bertz CT molecular complexity index is 664. The van der Waals surface area contributed by atoms with E-state index in [-0.39, 0.29) is 5.91 Å². The Hall–Kier alpha value is -2.82. The van der Waals surface area contributed by atoms with E-state index in [1.807, 2.05) is 55.4 Å². The minimum atomic E-state index is -0.253. The Kier molecular flexibility index (Phi) is 5.14. The fraction of sp³-hybridized carbons (Fsp3) is 0.176. The number of rotatable bonds is 5. The normalized spacial score (nSPS) is 10.5. The molecule has 5 heteroatoms. The molecule has 0 saturated heterocycles. The molecule has 0 aliphatic carbocycles. The van der Waals surface area contributed by atoms with Crippen molar-refractivity contribution in [1.29, 1.82) is 0 Å². The van der Waals surface area contributed by atoms with Gasteiger partial charge >= 0.3 is 0 Å². The van der Waals surface area contributed by atoms with Crippen LogP contribution in [0.5, 0.6) is 5.75 Å². The fourth-order valence-corrected chi connectivity index (χ4v) is 1.91. The predicted molar refractivity (Wildman–Crippen MR) is 88.8 cm³/mol. The Morgan fingerprint density at radius 2 is 1.82 bits per heavy atom. The molecule has 0 aliphatic rings. The van der Waals surface area contributed by atoms with Gasteiger partial charge in [0.25, 0.3) is 5.91 Å². The van der Waals surface area contributed by atoms with Crippen molar-refractivity contribution >= 4 is 17.8 Å². The van der Waals surface area contributed by atoms with Gasteiger partial charge in [0.2, 0.25) is 0 Å². The molecule has 114 valence electrons. The number of nitrogens with one attached hydrogen (secondary N) is 1. The maximum Gasteiger partial charge on any atom is 0.271 e. The van der Waals surface area contributed by atoms with Gasteiger partial charge in [-0.2, -0.15) is 5.10 Å². The highest BCUT2D eigenvalue weighted by Gasteiger charge is 2.04. The quantitative estimate of drug-likeness (QED) is 0.681. The average Bonchev–Trinajstić information content (AvgIpc) is 2.55. The van der Waals surface area contributed by atoms with Crippen LogP contribution in [0.25, 0.3) is 0 Å². The molecule has 1 amide bonds. The Morgan fingerprint density at radius 3 is 2.45 bits per heavy atom. The molecule has 0 atom stereocenters. The van der Waals surface area contributed by atoms with Crippen LogP contribution < -0.4 is 15.1 Å². The molecule has 2 rings (SSSR count). The summed E-state index contributed by atoms with van der Waals surface area (Å²) in [5.74, 6) is 0.451. The lowest BCUT2D eigenvalue weighted by Gasteiger charge is -2.12. The summed E-state index contributed by atoms with van der Waals surface area (Å²) >= 11 is 0. The summed E-state index contributed by atoms with van der Waals surface area (Å²) in [7, 11) is 5.50. The van der Waals surface area contributed by atoms with E-state index in [4.69, 9.17) is 4.74 Å². The fourth-order valence-electron chi connectivity index (χ4n) is 1.91. The summed E-state index contributed by atoms with van der Waals surface area (Å²) in [5.41, 5.74) is 4.90. The Balaban J connectivity index is 2.01. The molecule has 2 aromatic rings. The van der Waals surface area contributed by atoms with Crippen molar-refractivity contribution in [1.82, 2.24) is 5.43 Å². The Labute approximate surface area is 130 Å². The number of amides is 1. The summed E-state index contributed by atoms with van der Waals surface area (Å²) in [6.07, 6.45) is 1.56. The smallest absolute Gasteiger partial charge is 0.271 e. The third-order valence-electron chi connectivity index (χ3n) is 3.15. The summed E-state index contributed by atoms with van der Waals surface area (Å²) < 4.78 is 5.21. The number of nitrogens with zero attached hydrogens (tertiary/aromatic N) is 2. The number of anilines is 1. The highest BCUT2D eigenvalue weighted by molar-refractivity contribution is 5.95. The maximum atomic E-state index is 12.0. The second kappa shape index (κ2) is 7.26. The molecule has 0 heterocycles. The van der Waals surface area contributed by atoms with Crippen molar-refractivity contribution in [2.24, 2.45) is 5.10 Å². The minimum absolute atomic E-state index is 0.253. The van der Waals surface area contributed by atoms with E-state index >= 15 is 0 Å². The number of para-hydroxylation sites is 1. The zero-order valence-corrected chi connectivity index (χ0v) is 12.9. The van der Waals surface area contributed by atoms with Gasteiger partial charge in [-0.1, -0.05) is 12.1 Å². The van der Waals surface area contributed by atoms with Crippen LogP contribution >= 0.6 is 0 Å². The highest BCUT2D eigenvalue weighted by Crippen LogP contribution is 2.15. The first-order valence-electron chi connectivity index (χ1n) is 6.85. The zero-order chi connectivity index (χ0) is 15.9. The van der Waals surface area contributed by atoms with Gasteiger partial charge in [0.15, 0.2) is 0 Å².